The smallest absolute Gasteiger partial charge is 0.328 e. The van der Waals surface area contributed by atoms with Crippen LogP contribution in [0.5, 0.6) is 5.75 Å². The van der Waals surface area contributed by atoms with Gasteiger partial charge in [-0.25, -0.2) is 4.79 Å². The summed E-state index contributed by atoms with van der Waals surface area (Å²) < 4.78 is 5.50. The summed E-state index contributed by atoms with van der Waals surface area (Å²) in [6, 6.07) is 6.12. The second kappa shape index (κ2) is 7.59. The highest BCUT2D eigenvalue weighted by atomic mass is 16.5. The summed E-state index contributed by atoms with van der Waals surface area (Å²) in [4.78, 5) is 12.4. The van der Waals surface area contributed by atoms with E-state index in [-0.39, 0.29) is 0 Å². The van der Waals surface area contributed by atoms with Gasteiger partial charge in [0.05, 0.1) is 6.61 Å². The molecule has 1 aromatic rings. The molecule has 0 amide bonds. The predicted octanol–water partition coefficient (Wildman–Crippen LogP) is 2.47. The predicted molar refractivity (Wildman–Crippen MR) is 75.5 cm³/mol. The molecule has 0 heterocycles. The van der Waals surface area contributed by atoms with E-state index in [0.29, 0.717) is 13.2 Å². The highest BCUT2D eigenvalue weighted by Gasteiger charge is 2.03. The van der Waals surface area contributed by atoms with Crippen molar-refractivity contribution in [2.24, 2.45) is 0 Å². The quantitative estimate of drug-likeness (QED) is 0.768. The van der Waals surface area contributed by atoms with Crippen molar-refractivity contribution in [1.29, 1.82) is 0 Å². The Kier molecular flexibility index (Phi) is 6.09. The number of ether oxygens (including phenoxy) is 1. The minimum Gasteiger partial charge on any atom is -0.494 e. The minimum atomic E-state index is -0.912. The van der Waals surface area contributed by atoms with Crippen LogP contribution in [0.25, 0.3) is 0 Å². The van der Waals surface area contributed by atoms with Gasteiger partial charge in [0.2, 0.25) is 0 Å². The van der Waals surface area contributed by atoms with Crippen LogP contribution in [0.2, 0.25) is 0 Å². The molecule has 0 spiro atoms. The first-order valence-electron chi connectivity index (χ1n) is 6.33. The Morgan fingerprint density at radius 2 is 2.21 bits per heavy atom. The molecule has 0 aliphatic heterocycles. The van der Waals surface area contributed by atoms with Crippen LogP contribution in [-0.4, -0.2) is 36.2 Å². The van der Waals surface area contributed by atoms with E-state index < -0.39 is 5.97 Å². The number of benzene rings is 1. The summed E-state index contributed by atoms with van der Waals surface area (Å²) in [5.74, 6) is 0.00462. The molecule has 0 fully saturated rings. The molecule has 0 atom stereocenters. The average molecular weight is 263 g/mol. The zero-order valence-electron chi connectivity index (χ0n) is 11.7. The van der Waals surface area contributed by atoms with Crippen LogP contribution in [0, 0.1) is 6.92 Å². The van der Waals surface area contributed by atoms with Crippen LogP contribution in [-0.2, 0) is 11.3 Å². The fourth-order valence-corrected chi connectivity index (χ4v) is 1.84. The third-order valence-corrected chi connectivity index (χ3v) is 2.67. The van der Waals surface area contributed by atoms with Gasteiger partial charge in [-0.3, -0.25) is 4.90 Å². The topological polar surface area (TPSA) is 49.8 Å². The van der Waals surface area contributed by atoms with E-state index in [1.165, 1.54) is 11.6 Å². The Bertz CT molecular complexity index is 455. The molecule has 0 saturated heterocycles. The molecule has 0 unspecified atom stereocenters. The van der Waals surface area contributed by atoms with Crippen LogP contribution >= 0.6 is 0 Å². The van der Waals surface area contributed by atoms with Crippen molar-refractivity contribution in [2.45, 2.75) is 20.4 Å². The van der Waals surface area contributed by atoms with E-state index in [0.717, 1.165) is 17.9 Å². The first kappa shape index (κ1) is 15.2. The number of carbonyl (C=O) groups is 1. The summed E-state index contributed by atoms with van der Waals surface area (Å²) in [6.45, 7) is 6.05. The van der Waals surface area contributed by atoms with Gasteiger partial charge in [0, 0.05) is 19.2 Å². The van der Waals surface area contributed by atoms with Crippen LogP contribution < -0.4 is 4.74 Å². The third-order valence-electron chi connectivity index (χ3n) is 2.67. The normalized spacial score (nSPS) is 11.2. The summed E-state index contributed by atoms with van der Waals surface area (Å²) in [5.41, 5.74) is 2.31. The van der Waals surface area contributed by atoms with E-state index in [1.807, 2.05) is 33.0 Å². The van der Waals surface area contributed by atoms with E-state index in [4.69, 9.17) is 9.84 Å². The molecule has 1 rings (SSSR count). The lowest BCUT2D eigenvalue weighted by molar-refractivity contribution is -0.131. The number of likely N-dealkylation sites (N-methyl/N-ethyl adjacent to an activating group) is 1. The Morgan fingerprint density at radius 1 is 1.47 bits per heavy atom. The van der Waals surface area contributed by atoms with Gasteiger partial charge >= 0.3 is 5.97 Å². The van der Waals surface area contributed by atoms with Gasteiger partial charge < -0.3 is 9.84 Å². The Morgan fingerprint density at radius 3 is 2.79 bits per heavy atom. The van der Waals surface area contributed by atoms with Gasteiger partial charge in [-0.05, 0) is 38.1 Å². The molecule has 0 aliphatic rings. The lowest BCUT2D eigenvalue weighted by Gasteiger charge is -2.15. The molecule has 4 nitrogen and oxygen atoms in total. The van der Waals surface area contributed by atoms with Crippen molar-refractivity contribution in [3.05, 3.63) is 41.5 Å². The van der Waals surface area contributed by atoms with Crippen LogP contribution in [0.3, 0.4) is 0 Å². The second-order valence-electron chi connectivity index (χ2n) is 4.47. The maximum absolute atomic E-state index is 10.4. The molecular weight excluding hydrogens is 242 g/mol. The molecular formula is C15H21NO3. The standard InChI is InChI=1S/C15H21NO3/c1-4-19-14-8-7-13(10-12(14)2)11-16(3)9-5-6-15(17)18/h5-8,10H,4,9,11H2,1-3H3,(H,17,18)/b6-5+. The van der Waals surface area contributed by atoms with Crippen molar-refractivity contribution in [3.63, 3.8) is 0 Å². The molecule has 19 heavy (non-hydrogen) atoms. The molecule has 0 bridgehead atoms. The van der Waals surface area contributed by atoms with Crippen molar-refractivity contribution in [2.75, 3.05) is 20.2 Å². The van der Waals surface area contributed by atoms with Gasteiger partial charge in [-0.2, -0.15) is 0 Å². The van der Waals surface area contributed by atoms with Crippen LogP contribution in [0.4, 0.5) is 0 Å². The fraction of sp³-hybridized carbons (Fsp3) is 0.400. The molecule has 0 radical (unpaired) electrons. The number of hydrogen-bond donors (Lipinski definition) is 1. The lowest BCUT2D eigenvalue weighted by Crippen LogP contribution is -2.17. The number of aliphatic carboxylic acids is 1. The maximum Gasteiger partial charge on any atom is 0.328 e. The SMILES string of the molecule is CCOc1ccc(CN(C)C/C=C/C(=O)O)cc1C. The van der Waals surface area contributed by atoms with Crippen molar-refractivity contribution in [3.8, 4) is 5.75 Å². The first-order chi connectivity index (χ1) is 9.02. The van der Waals surface area contributed by atoms with Gasteiger partial charge in [-0.15, -0.1) is 0 Å². The van der Waals surface area contributed by atoms with Gasteiger partial charge in [-0.1, -0.05) is 18.2 Å². The number of rotatable bonds is 7. The summed E-state index contributed by atoms with van der Waals surface area (Å²) in [7, 11) is 1.96. The number of carboxylic acid groups (broad SMARTS) is 1. The third kappa shape index (κ3) is 5.57. The molecule has 4 heteroatoms. The zero-order chi connectivity index (χ0) is 14.3. The summed E-state index contributed by atoms with van der Waals surface area (Å²) in [5, 5.41) is 8.51. The minimum absolute atomic E-state index is 0.610. The maximum atomic E-state index is 10.4. The highest BCUT2D eigenvalue weighted by Crippen LogP contribution is 2.19. The second-order valence-corrected chi connectivity index (χ2v) is 4.47. The first-order valence-corrected chi connectivity index (χ1v) is 6.33. The summed E-state index contributed by atoms with van der Waals surface area (Å²) in [6.07, 6.45) is 2.81. The molecule has 0 saturated carbocycles. The summed E-state index contributed by atoms with van der Waals surface area (Å²) >= 11 is 0. The van der Waals surface area contributed by atoms with Crippen molar-refractivity contribution >= 4 is 5.97 Å². The van der Waals surface area contributed by atoms with Crippen LogP contribution in [0.1, 0.15) is 18.1 Å². The van der Waals surface area contributed by atoms with Crippen molar-refractivity contribution in [1.82, 2.24) is 4.90 Å². The monoisotopic (exact) mass is 263 g/mol. The highest BCUT2D eigenvalue weighted by molar-refractivity contribution is 5.79. The van der Waals surface area contributed by atoms with Crippen molar-refractivity contribution < 1.29 is 14.6 Å². The Labute approximate surface area is 114 Å². The largest absolute Gasteiger partial charge is 0.494 e. The Balaban J connectivity index is 2.57. The fourth-order valence-electron chi connectivity index (χ4n) is 1.84. The molecule has 1 aromatic carbocycles. The van der Waals surface area contributed by atoms with E-state index >= 15 is 0 Å². The molecule has 104 valence electrons. The van der Waals surface area contributed by atoms with Crippen LogP contribution in [0.15, 0.2) is 30.4 Å². The average Bonchev–Trinajstić information content (AvgIpc) is 2.32. The molecule has 1 N–H and O–H groups in total. The van der Waals surface area contributed by atoms with Gasteiger partial charge in [0.25, 0.3) is 0 Å². The zero-order valence-corrected chi connectivity index (χ0v) is 11.7. The lowest BCUT2D eigenvalue weighted by atomic mass is 10.1. The number of nitrogens with zero attached hydrogens (tertiary/aromatic N) is 1. The molecule has 0 aliphatic carbocycles. The number of aryl methyl sites for hydroxylation is 1. The van der Waals surface area contributed by atoms with E-state index in [2.05, 4.69) is 11.0 Å². The number of carboxylic acids is 1. The molecule has 0 aromatic heterocycles. The van der Waals surface area contributed by atoms with Gasteiger partial charge in [0.1, 0.15) is 5.75 Å². The Hall–Kier alpha value is -1.81. The van der Waals surface area contributed by atoms with E-state index in [1.54, 1.807) is 6.08 Å². The van der Waals surface area contributed by atoms with E-state index in [9.17, 15) is 4.79 Å². The van der Waals surface area contributed by atoms with Gasteiger partial charge in [0.15, 0.2) is 0 Å². The number of hydrogen-bond acceptors (Lipinski definition) is 3.